The molecule has 0 radical (unpaired) electrons. The van der Waals surface area contributed by atoms with Gasteiger partial charge in [-0.1, -0.05) is 11.6 Å². The number of nitrogens with zero attached hydrogens (tertiary/aromatic N) is 3. The van der Waals surface area contributed by atoms with Crippen molar-refractivity contribution < 1.29 is 32.6 Å². The Labute approximate surface area is 267 Å². The normalized spacial score (nSPS) is 20.8. The number of amides is 2. The lowest BCUT2D eigenvalue weighted by Gasteiger charge is -2.33. The Kier molecular flexibility index (Phi) is 7.70. The second kappa shape index (κ2) is 11.3. The lowest BCUT2D eigenvalue weighted by Crippen LogP contribution is -2.51. The number of pyridine rings is 2. The molecule has 0 unspecified atom stereocenters. The Bertz CT molecular complexity index is 1810. The number of fused-ring (bicyclic) bond motifs is 1. The van der Waals surface area contributed by atoms with Crippen LogP contribution in [0.15, 0.2) is 35.5 Å². The number of primary amides is 1. The maximum absolute atomic E-state index is 16.5. The number of carbonyl (C=O) groups is 3. The average molecular weight is 653 g/mol. The number of alkyl halides is 1. The quantitative estimate of drug-likeness (QED) is 0.122. The molecule has 46 heavy (non-hydrogen) atoms. The first kappa shape index (κ1) is 31.3. The van der Waals surface area contributed by atoms with E-state index in [1.807, 2.05) is 0 Å². The lowest BCUT2D eigenvalue weighted by molar-refractivity contribution is -0.123. The minimum atomic E-state index is -2.10. The predicted octanol–water partition coefficient (Wildman–Crippen LogP) is 3.61. The van der Waals surface area contributed by atoms with Crippen LogP contribution in [0, 0.1) is 5.95 Å². The molecule has 11 nitrogen and oxygen atoms in total. The van der Waals surface area contributed by atoms with Crippen molar-refractivity contribution in [1.82, 2.24) is 15.3 Å². The molecule has 1 aliphatic heterocycles. The second-order valence-electron chi connectivity index (χ2n) is 12.1. The van der Waals surface area contributed by atoms with Crippen molar-refractivity contribution in [2.45, 2.75) is 55.1 Å². The molecule has 2 amide bonds. The molecule has 0 saturated heterocycles. The molecule has 1 aromatic carbocycles. The van der Waals surface area contributed by atoms with E-state index in [-0.39, 0.29) is 65.1 Å². The zero-order valence-electron chi connectivity index (χ0n) is 25.0. The topological polar surface area (TPSA) is 172 Å². The minimum absolute atomic E-state index is 0.00140. The zero-order valence-corrected chi connectivity index (χ0v) is 25.8. The van der Waals surface area contributed by atoms with Gasteiger partial charge in [0.05, 0.1) is 24.5 Å². The number of nitrogens with two attached hydrogens (primary N) is 2. The number of nitrogen functional groups attached to an aromatic ring is 1. The number of anilines is 1. The van der Waals surface area contributed by atoms with Gasteiger partial charge >= 0.3 is 0 Å². The number of nitrogens with one attached hydrogen (secondary N) is 1. The van der Waals surface area contributed by atoms with E-state index in [1.165, 1.54) is 38.3 Å². The number of benzene rings is 1. The van der Waals surface area contributed by atoms with Gasteiger partial charge in [0.25, 0.3) is 5.91 Å². The van der Waals surface area contributed by atoms with Crippen molar-refractivity contribution in [1.29, 1.82) is 0 Å². The van der Waals surface area contributed by atoms with Gasteiger partial charge in [-0.25, -0.2) is 14.4 Å². The van der Waals surface area contributed by atoms with Crippen molar-refractivity contribution in [3.8, 4) is 22.8 Å². The second-order valence-corrected chi connectivity index (χ2v) is 12.5. The van der Waals surface area contributed by atoms with Crippen molar-refractivity contribution in [2.75, 3.05) is 26.0 Å². The zero-order chi connectivity index (χ0) is 33.0. The number of aliphatic imine (C=N–C) groups is 1. The van der Waals surface area contributed by atoms with Gasteiger partial charge in [-0.15, -0.1) is 0 Å². The molecule has 0 bridgehead atoms. The van der Waals surface area contributed by atoms with Gasteiger partial charge in [0.2, 0.25) is 11.9 Å². The van der Waals surface area contributed by atoms with Crippen molar-refractivity contribution in [2.24, 2.45) is 10.7 Å². The number of carbonyl (C=O) groups excluding carboxylic acids is 3. The molecular weight excluding hydrogens is 622 g/mol. The number of hydrogen-bond donors (Lipinski definition) is 3. The highest BCUT2D eigenvalue weighted by Gasteiger charge is 2.63. The van der Waals surface area contributed by atoms with Gasteiger partial charge in [0, 0.05) is 41.2 Å². The smallest absolute Gasteiger partial charge is 0.251 e. The summed E-state index contributed by atoms with van der Waals surface area (Å²) in [6.07, 6.45) is 5.10. The Balaban J connectivity index is 1.44. The number of aromatic nitrogens is 2. The Morgan fingerprint density at radius 2 is 2.04 bits per heavy atom. The summed E-state index contributed by atoms with van der Waals surface area (Å²) in [5.74, 6) is -2.05. The standard InChI is InChI=1S/C32H31ClF2N6O5/c1-30(29(37)44)15-46-26-20(30)11-22(41-25(26)19-5-8-38-27(34)23(19)33)31(14-42,32(35)6-7-32)13-40-28(43)16-9-17(12-39-18-3-4-18)24(36)21(10-16)45-2/h5,8-12,14,18H,3-4,6-7,13,15,36H2,1-2H3,(H2,37,44)(H,40,43)/t30-,31-/m0/s1. The van der Waals surface area contributed by atoms with Gasteiger partial charge in [-0.3, -0.25) is 14.6 Å². The third-order valence-electron chi connectivity index (χ3n) is 9.02. The Hall–Kier alpha value is -4.65. The van der Waals surface area contributed by atoms with Crippen LogP contribution < -0.4 is 26.3 Å². The van der Waals surface area contributed by atoms with Crippen molar-refractivity contribution >= 4 is 41.6 Å². The van der Waals surface area contributed by atoms with Gasteiger partial charge < -0.3 is 31.1 Å². The van der Waals surface area contributed by atoms with Crippen LogP contribution in [0.1, 0.15) is 59.8 Å². The summed E-state index contributed by atoms with van der Waals surface area (Å²) in [7, 11) is 1.41. The fourth-order valence-corrected chi connectivity index (χ4v) is 5.83. The molecular formula is C32H31ClF2N6O5. The van der Waals surface area contributed by atoms with E-state index in [0.717, 1.165) is 19.0 Å². The SMILES string of the molecule is COc1cc(C(=O)NC[C@](C=O)(c2cc3c(c(-c4ccnc(F)c4Cl)n2)OC[C@]3(C)C(N)=O)C2(F)CC2)cc(C=NC2CC2)c1N. The molecule has 6 rings (SSSR count). The summed E-state index contributed by atoms with van der Waals surface area (Å²) in [5.41, 5.74) is 7.48. The van der Waals surface area contributed by atoms with Gasteiger partial charge in [-0.2, -0.15) is 4.39 Å². The third-order valence-corrected chi connectivity index (χ3v) is 9.38. The molecule has 14 heteroatoms. The molecule has 2 aliphatic carbocycles. The monoisotopic (exact) mass is 652 g/mol. The van der Waals surface area contributed by atoms with E-state index in [1.54, 1.807) is 6.21 Å². The van der Waals surface area contributed by atoms with E-state index in [2.05, 4.69) is 20.3 Å². The van der Waals surface area contributed by atoms with E-state index in [0.29, 0.717) is 17.5 Å². The largest absolute Gasteiger partial charge is 0.495 e. The highest BCUT2D eigenvalue weighted by molar-refractivity contribution is 6.33. The summed E-state index contributed by atoms with van der Waals surface area (Å²) < 4.78 is 42.2. The molecule has 2 aromatic heterocycles. The fraction of sp³-hybridized carbons (Fsp3) is 0.375. The highest BCUT2D eigenvalue weighted by Crippen LogP contribution is 2.55. The predicted molar refractivity (Wildman–Crippen MR) is 166 cm³/mol. The van der Waals surface area contributed by atoms with E-state index >= 15 is 4.39 Å². The van der Waals surface area contributed by atoms with Crippen LogP contribution in [-0.2, 0) is 20.4 Å². The first-order chi connectivity index (χ1) is 21.9. The molecule has 3 heterocycles. The molecule has 3 aromatic rings. The van der Waals surface area contributed by atoms with Crippen LogP contribution in [0.3, 0.4) is 0 Å². The number of rotatable bonds is 11. The number of aldehydes is 1. The Morgan fingerprint density at radius 1 is 1.30 bits per heavy atom. The van der Waals surface area contributed by atoms with Crippen molar-refractivity contribution in [3.05, 3.63) is 63.8 Å². The van der Waals surface area contributed by atoms with E-state index in [9.17, 15) is 18.8 Å². The minimum Gasteiger partial charge on any atom is -0.495 e. The average Bonchev–Trinajstić information content (AvgIpc) is 3.98. The van der Waals surface area contributed by atoms with Gasteiger partial charge in [0.1, 0.15) is 51.6 Å². The summed E-state index contributed by atoms with van der Waals surface area (Å²) >= 11 is 6.27. The fourth-order valence-electron chi connectivity index (χ4n) is 5.63. The molecule has 2 saturated carbocycles. The number of halogens is 3. The maximum atomic E-state index is 16.5. The summed E-state index contributed by atoms with van der Waals surface area (Å²) in [5, 5.41) is 2.30. The van der Waals surface area contributed by atoms with Crippen LogP contribution in [-0.4, -0.2) is 66.3 Å². The molecule has 3 aliphatic rings. The van der Waals surface area contributed by atoms with Gasteiger partial charge in [0.15, 0.2) is 0 Å². The highest BCUT2D eigenvalue weighted by atomic mass is 35.5. The number of hydrogen-bond acceptors (Lipinski definition) is 9. The molecule has 240 valence electrons. The summed E-state index contributed by atoms with van der Waals surface area (Å²) in [6, 6.07) is 5.95. The third kappa shape index (κ3) is 5.12. The van der Waals surface area contributed by atoms with Crippen LogP contribution >= 0.6 is 11.6 Å². The molecule has 2 fully saturated rings. The molecule has 5 N–H and O–H groups in total. The molecule has 0 spiro atoms. The van der Waals surface area contributed by atoms with E-state index in [4.69, 9.17) is 32.5 Å². The lowest BCUT2D eigenvalue weighted by atomic mass is 9.75. The van der Waals surface area contributed by atoms with Gasteiger partial charge in [-0.05, 0) is 56.9 Å². The van der Waals surface area contributed by atoms with Crippen LogP contribution in [0.5, 0.6) is 11.5 Å². The molecule has 2 atom stereocenters. The first-order valence-corrected chi connectivity index (χ1v) is 15.0. The van der Waals surface area contributed by atoms with E-state index < -0.39 is 45.8 Å². The number of methoxy groups -OCH3 is 1. The summed E-state index contributed by atoms with van der Waals surface area (Å²) in [6.45, 7) is 0.842. The Morgan fingerprint density at radius 3 is 2.67 bits per heavy atom. The first-order valence-electron chi connectivity index (χ1n) is 14.6. The van der Waals surface area contributed by atoms with Crippen molar-refractivity contribution in [3.63, 3.8) is 0 Å². The van der Waals surface area contributed by atoms with Crippen LogP contribution in [0.4, 0.5) is 14.5 Å². The maximum Gasteiger partial charge on any atom is 0.251 e. The summed E-state index contributed by atoms with van der Waals surface area (Å²) in [4.78, 5) is 51.9. The number of ether oxygens (including phenoxy) is 2. The van der Waals surface area contributed by atoms with Crippen LogP contribution in [0.2, 0.25) is 5.02 Å². The van der Waals surface area contributed by atoms with Crippen LogP contribution in [0.25, 0.3) is 11.3 Å².